The van der Waals surface area contributed by atoms with Gasteiger partial charge in [-0.25, -0.2) is 0 Å². The van der Waals surface area contributed by atoms with Gasteiger partial charge < -0.3 is 9.73 Å². The van der Waals surface area contributed by atoms with Crippen molar-refractivity contribution in [2.24, 2.45) is 0 Å². The number of fused-ring (bicyclic) bond motifs is 1. The van der Waals surface area contributed by atoms with Crippen LogP contribution in [0.2, 0.25) is 5.02 Å². The third-order valence-corrected chi connectivity index (χ3v) is 6.09. The van der Waals surface area contributed by atoms with E-state index in [1.807, 2.05) is 78.9 Å². The highest BCUT2D eigenvalue weighted by Gasteiger charge is 2.32. The molecule has 0 unspecified atom stereocenters. The van der Waals surface area contributed by atoms with E-state index in [4.69, 9.17) is 16.0 Å². The fourth-order valence-electron chi connectivity index (χ4n) is 4.33. The summed E-state index contributed by atoms with van der Waals surface area (Å²) in [5, 5.41) is 4.75. The summed E-state index contributed by atoms with van der Waals surface area (Å²) >= 11 is 6.16. The summed E-state index contributed by atoms with van der Waals surface area (Å²) in [6.45, 7) is 1.97. The number of carbonyl (C=O) groups is 1. The summed E-state index contributed by atoms with van der Waals surface area (Å²) in [7, 11) is 0. The van der Waals surface area contributed by atoms with Gasteiger partial charge >= 0.3 is 0 Å². The Labute approximate surface area is 186 Å². The van der Waals surface area contributed by atoms with Crippen LogP contribution >= 0.6 is 11.6 Å². The van der Waals surface area contributed by atoms with Gasteiger partial charge in [0.25, 0.3) is 5.91 Å². The van der Waals surface area contributed by atoms with Gasteiger partial charge in [-0.2, -0.15) is 0 Å². The van der Waals surface area contributed by atoms with Crippen LogP contribution < -0.4 is 5.32 Å². The molecule has 0 aliphatic carbocycles. The van der Waals surface area contributed by atoms with Crippen LogP contribution in [0.25, 0.3) is 11.0 Å². The van der Waals surface area contributed by atoms with E-state index in [9.17, 15) is 4.79 Å². The van der Waals surface area contributed by atoms with Crippen LogP contribution in [-0.2, 0) is 0 Å². The molecule has 0 spiro atoms. The SMILES string of the molecule is O=C(Nc1c([C@@H](c2ccc(Cl)cc2)N2CCCC2)oc2ccccc12)c1ccccc1. The van der Waals surface area contributed by atoms with Gasteiger partial charge in [0.05, 0.1) is 11.7 Å². The van der Waals surface area contributed by atoms with Gasteiger partial charge in [0.2, 0.25) is 0 Å². The molecule has 1 aliphatic heterocycles. The summed E-state index contributed by atoms with van der Waals surface area (Å²) in [5.74, 6) is 0.611. The van der Waals surface area contributed by atoms with E-state index >= 15 is 0 Å². The van der Waals surface area contributed by atoms with Crippen molar-refractivity contribution in [1.29, 1.82) is 0 Å². The molecule has 156 valence electrons. The predicted molar refractivity (Wildman–Crippen MR) is 125 cm³/mol. The Bertz CT molecular complexity index is 1200. The van der Waals surface area contributed by atoms with Crippen molar-refractivity contribution in [1.82, 2.24) is 4.90 Å². The monoisotopic (exact) mass is 430 g/mol. The number of likely N-dealkylation sites (tertiary alicyclic amines) is 1. The Balaban J connectivity index is 1.64. The van der Waals surface area contributed by atoms with E-state index in [1.54, 1.807) is 0 Å². The number of rotatable bonds is 5. The highest BCUT2D eigenvalue weighted by molar-refractivity contribution is 6.30. The number of nitrogens with zero attached hydrogens (tertiary/aromatic N) is 1. The predicted octanol–water partition coefficient (Wildman–Crippen LogP) is 6.52. The molecule has 4 aromatic rings. The number of benzene rings is 3. The van der Waals surface area contributed by atoms with Crippen LogP contribution in [0.15, 0.2) is 83.3 Å². The molecule has 2 heterocycles. The van der Waals surface area contributed by atoms with E-state index < -0.39 is 0 Å². The van der Waals surface area contributed by atoms with Crippen LogP contribution in [0.4, 0.5) is 5.69 Å². The molecule has 1 amide bonds. The molecule has 1 fully saturated rings. The molecule has 1 saturated heterocycles. The van der Waals surface area contributed by atoms with Crippen molar-refractivity contribution in [3.05, 3.63) is 101 Å². The van der Waals surface area contributed by atoms with Gasteiger partial charge in [-0.3, -0.25) is 9.69 Å². The molecule has 1 aromatic heterocycles. The van der Waals surface area contributed by atoms with Gasteiger partial charge in [0.15, 0.2) is 0 Å². The normalized spacial score (nSPS) is 15.3. The van der Waals surface area contributed by atoms with E-state index in [1.165, 1.54) is 0 Å². The lowest BCUT2D eigenvalue weighted by Crippen LogP contribution is -2.27. The number of furan rings is 1. The summed E-state index contributed by atoms with van der Waals surface area (Å²) in [6, 6.07) is 24.9. The molecule has 0 radical (unpaired) electrons. The lowest BCUT2D eigenvalue weighted by atomic mass is 10.0. The molecule has 1 N–H and O–H groups in total. The fraction of sp³-hybridized carbons (Fsp3) is 0.192. The lowest BCUT2D eigenvalue weighted by Gasteiger charge is -2.27. The molecule has 31 heavy (non-hydrogen) atoms. The van der Waals surface area contributed by atoms with Crippen molar-refractivity contribution >= 4 is 34.2 Å². The van der Waals surface area contributed by atoms with Crippen LogP contribution in [0.1, 0.15) is 40.6 Å². The van der Waals surface area contributed by atoms with Crippen molar-refractivity contribution in [3.8, 4) is 0 Å². The molecule has 0 bridgehead atoms. The smallest absolute Gasteiger partial charge is 0.255 e. The second-order valence-electron chi connectivity index (χ2n) is 7.85. The average molecular weight is 431 g/mol. The summed E-state index contributed by atoms with van der Waals surface area (Å²) in [5.41, 5.74) is 3.21. The van der Waals surface area contributed by atoms with Gasteiger partial charge in [-0.15, -0.1) is 0 Å². The first-order valence-electron chi connectivity index (χ1n) is 10.6. The highest BCUT2D eigenvalue weighted by Crippen LogP contribution is 2.41. The van der Waals surface area contributed by atoms with Crippen LogP contribution in [0.5, 0.6) is 0 Å². The van der Waals surface area contributed by atoms with E-state index in [-0.39, 0.29) is 11.9 Å². The molecule has 5 heteroatoms. The number of hydrogen-bond acceptors (Lipinski definition) is 3. The quantitative estimate of drug-likeness (QED) is 0.391. The maximum atomic E-state index is 13.0. The molecule has 0 saturated carbocycles. The topological polar surface area (TPSA) is 45.5 Å². The number of carbonyl (C=O) groups excluding carboxylic acids is 1. The standard InChI is InChI=1S/C26H23ClN2O2/c27-20-14-12-18(13-15-20)24(29-16-6-7-17-29)25-23(21-10-4-5-11-22(21)31-25)28-26(30)19-8-2-1-3-9-19/h1-5,8-15,24H,6-7,16-17H2,(H,28,30)/t24-/m1/s1. The van der Waals surface area contributed by atoms with Crippen LogP contribution in [-0.4, -0.2) is 23.9 Å². The third-order valence-electron chi connectivity index (χ3n) is 5.84. The second-order valence-corrected chi connectivity index (χ2v) is 8.29. The highest BCUT2D eigenvalue weighted by atomic mass is 35.5. The fourth-order valence-corrected chi connectivity index (χ4v) is 4.46. The number of halogens is 1. The number of amides is 1. The molecule has 3 aromatic carbocycles. The summed E-state index contributed by atoms with van der Waals surface area (Å²) < 4.78 is 6.41. The van der Waals surface area contributed by atoms with Crippen molar-refractivity contribution < 1.29 is 9.21 Å². The first kappa shape index (κ1) is 19.9. The molecular formula is C26H23ClN2O2. The van der Waals surface area contributed by atoms with Gasteiger partial charge in [0, 0.05) is 16.0 Å². The maximum absolute atomic E-state index is 13.0. The zero-order chi connectivity index (χ0) is 21.2. The minimum absolute atomic E-state index is 0.0989. The van der Waals surface area contributed by atoms with E-state index in [2.05, 4.69) is 10.2 Å². The van der Waals surface area contributed by atoms with E-state index in [0.717, 1.165) is 53.9 Å². The molecule has 5 rings (SSSR count). The van der Waals surface area contributed by atoms with Crippen molar-refractivity contribution in [2.45, 2.75) is 18.9 Å². The second kappa shape index (κ2) is 8.58. The summed E-state index contributed by atoms with van der Waals surface area (Å²) in [4.78, 5) is 15.5. The average Bonchev–Trinajstić information content (AvgIpc) is 3.45. The van der Waals surface area contributed by atoms with Gasteiger partial charge in [-0.1, -0.05) is 54.1 Å². The number of hydrogen-bond donors (Lipinski definition) is 1. The Morgan fingerprint density at radius 1 is 0.903 bits per heavy atom. The van der Waals surface area contributed by atoms with Gasteiger partial charge in [-0.05, 0) is 67.9 Å². The van der Waals surface area contributed by atoms with Crippen LogP contribution in [0.3, 0.4) is 0 Å². The number of para-hydroxylation sites is 1. The molecule has 4 nitrogen and oxygen atoms in total. The van der Waals surface area contributed by atoms with Gasteiger partial charge in [0.1, 0.15) is 11.3 Å². The Hall–Kier alpha value is -3.08. The lowest BCUT2D eigenvalue weighted by molar-refractivity contribution is 0.102. The number of anilines is 1. The minimum atomic E-state index is -0.148. The Kier molecular flexibility index (Phi) is 5.49. The number of nitrogens with one attached hydrogen (secondary N) is 1. The summed E-state index contributed by atoms with van der Waals surface area (Å²) in [6.07, 6.45) is 2.30. The van der Waals surface area contributed by atoms with Crippen molar-refractivity contribution in [3.63, 3.8) is 0 Å². The Morgan fingerprint density at radius 2 is 1.58 bits per heavy atom. The van der Waals surface area contributed by atoms with Crippen LogP contribution in [0, 0.1) is 0 Å². The first-order chi connectivity index (χ1) is 15.2. The zero-order valence-corrected chi connectivity index (χ0v) is 17.8. The molecular weight excluding hydrogens is 408 g/mol. The molecule has 1 aliphatic rings. The largest absolute Gasteiger partial charge is 0.457 e. The van der Waals surface area contributed by atoms with Crippen molar-refractivity contribution in [2.75, 3.05) is 18.4 Å². The minimum Gasteiger partial charge on any atom is -0.457 e. The molecule has 1 atom stereocenters. The zero-order valence-electron chi connectivity index (χ0n) is 17.1. The first-order valence-corrected chi connectivity index (χ1v) is 11.0. The third kappa shape index (κ3) is 3.97. The Morgan fingerprint density at radius 3 is 2.32 bits per heavy atom. The maximum Gasteiger partial charge on any atom is 0.255 e. The van der Waals surface area contributed by atoms with E-state index in [0.29, 0.717) is 10.6 Å².